The lowest BCUT2D eigenvalue weighted by Gasteiger charge is -2.46. The monoisotopic (exact) mass is 612 g/mol. The molecule has 2 aliphatic heterocycles. The number of carbonyl (C=O) groups excluding carboxylic acids is 2. The topological polar surface area (TPSA) is 144 Å². The van der Waals surface area contributed by atoms with Crippen LogP contribution >= 0.6 is 11.3 Å². The summed E-state index contributed by atoms with van der Waals surface area (Å²) >= 11 is 1.42. The number of benzene rings is 3. The number of piperazine rings is 1. The van der Waals surface area contributed by atoms with Crippen LogP contribution in [0.3, 0.4) is 0 Å². The zero-order valence-electron chi connectivity index (χ0n) is 24.1. The number of hydrazine groups is 1. The van der Waals surface area contributed by atoms with Gasteiger partial charge in [-0.2, -0.15) is 5.01 Å². The van der Waals surface area contributed by atoms with Crippen LogP contribution in [0.15, 0.2) is 75.9 Å². The van der Waals surface area contributed by atoms with E-state index >= 15 is 0 Å². The molecule has 2 aliphatic rings. The van der Waals surface area contributed by atoms with Crippen LogP contribution in [0.4, 0.5) is 9.93 Å². The number of carbonyl (C=O) groups is 2. The second-order valence-electron chi connectivity index (χ2n) is 11.1. The maximum atomic E-state index is 14.2. The fourth-order valence-corrected chi connectivity index (χ4v) is 7.07. The minimum atomic E-state index is -0.516. The Balaban J connectivity index is 1.17. The number of rotatable bonds is 7. The van der Waals surface area contributed by atoms with Crippen molar-refractivity contribution >= 4 is 49.7 Å². The number of aromatic amines is 1. The van der Waals surface area contributed by atoms with Gasteiger partial charge in [-0.1, -0.05) is 59.9 Å². The largest absolute Gasteiger partial charge is 0.417 e. The highest BCUT2D eigenvalue weighted by Gasteiger charge is 2.48. The van der Waals surface area contributed by atoms with Crippen molar-refractivity contribution in [1.82, 2.24) is 35.1 Å². The van der Waals surface area contributed by atoms with E-state index in [1.54, 1.807) is 18.1 Å². The Labute approximate surface area is 256 Å². The normalized spacial score (nSPS) is 19.1. The van der Waals surface area contributed by atoms with Crippen molar-refractivity contribution in [2.24, 2.45) is 0 Å². The summed E-state index contributed by atoms with van der Waals surface area (Å²) in [5.74, 6) is -0.521. The van der Waals surface area contributed by atoms with Crippen LogP contribution < -0.4 is 16.8 Å². The number of para-hydroxylation sites is 1. The van der Waals surface area contributed by atoms with Gasteiger partial charge in [0.2, 0.25) is 5.91 Å². The second-order valence-corrected chi connectivity index (χ2v) is 12.2. The van der Waals surface area contributed by atoms with Crippen molar-refractivity contribution in [3.8, 4) is 0 Å². The van der Waals surface area contributed by atoms with E-state index in [9.17, 15) is 14.4 Å². The number of aromatic nitrogens is 2. The summed E-state index contributed by atoms with van der Waals surface area (Å²) in [4.78, 5) is 50.5. The molecule has 0 unspecified atom stereocenters. The fraction of sp³-hybridized carbons (Fsp3) is 0.290. The molecule has 44 heavy (non-hydrogen) atoms. The Kier molecular flexibility index (Phi) is 7.28. The molecule has 4 heterocycles. The molecule has 5 aromatic rings. The average Bonchev–Trinajstić information content (AvgIpc) is 3.73. The number of anilines is 1. The number of hydrogen-bond donors (Lipinski definition) is 3. The lowest BCUT2D eigenvalue weighted by molar-refractivity contribution is -0.151. The van der Waals surface area contributed by atoms with Gasteiger partial charge in [-0.3, -0.25) is 19.7 Å². The molecule has 226 valence electrons. The molecule has 2 aromatic heterocycles. The lowest BCUT2D eigenvalue weighted by atomic mass is 9.99. The molecule has 0 aliphatic carbocycles. The van der Waals surface area contributed by atoms with Crippen molar-refractivity contribution in [1.29, 1.82) is 0 Å². The zero-order chi connectivity index (χ0) is 30.4. The van der Waals surface area contributed by atoms with Crippen molar-refractivity contribution < 1.29 is 14.0 Å². The number of hydrogen-bond acceptors (Lipinski definition) is 9. The van der Waals surface area contributed by atoms with E-state index in [-0.39, 0.29) is 18.1 Å². The van der Waals surface area contributed by atoms with E-state index in [2.05, 4.69) is 20.2 Å². The van der Waals surface area contributed by atoms with Gasteiger partial charge in [0, 0.05) is 33.2 Å². The number of nitrogens with one attached hydrogen (secondary N) is 2. The third-order valence-corrected chi connectivity index (χ3v) is 9.31. The first-order valence-corrected chi connectivity index (χ1v) is 15.3. The fourth-order valence-electron chi connectivity index (χ4n) is 6.29. The van der Waals surface area contributed by atoms with Crippen molar-refractivity contribution in [3.63, 3.8) is 0 Å². The number of amides is 3. The van der Waals surface area contributed by atoms with Crippen LogP contribution in [-0.4, -0.2) is 80.6 Å². The van der Waals surface area contributed by atoms with E-state index in [4.69, 9.17) is 10.2 Å². The van der Waals surface area contributed by atoms with Crippen molar-refractivity contribution in [2.75, 3.05) is 32.4 Å². The number of fused-ring (bicyclic) bond motifs is 3. The summed E-state index contributed by atoms with van der Waals surface area (Å²) in [6.07, 6.45) is 0.196. The quantitative estimate of drug-likeness (QED) is 0.255. The third kappa shape index (κ3) is 5.29. The highest BCUT2D eigenvalue weighted by Crippen LogP contribution is 2.32. The molecule has 0 saturated carbocycles. The zero-order valence-corrected chi connectivity index (χ0v) is 24.9. The Morgan fingerprint density at radius 1 is 1.11 bits per heavy atom. The number of urea groups is 1. The molecule has 3 amide bonds. The Morgan fingerprint density at radius 3 is 2.80 bits per heavy atom. The van der Waals surface area contributed by atoms with E-state index < -0.39 is 11.8 Å². The molecule has 2 saturated heterocycles. The molecule has 3 aromatic carbocycles. The SMILES string of the molecule is CN(C(=O)NCc1ccccc1)N1CCN2[C@@H](Cc3ccc4[nH]c(=O)oc4c3)C(=O)N(Cc3cccc4sc(N)nc34)C[C@@H]21. The highest BCUT2D eigenvalue weighted by atomic mass is 32.1. The van der Waals surface area contributed by atoms with Crippen LogP contribution in [0.5, 0.6) is 0 Å². The van der Waals surface area contributed by atoms with Gasteiger partial charge in [0.05, 0.1) is 34.5 Å². The lowest BCUT2D eigenvalue weighted by Crippen LogP contribution is -2.65. The number of nitrogens with zero attached hydrogens (tertiary/aromatic N) is 5. The summed E-state index contributed by atoms with van der Waals surface area (Å²) < 4.78 is 6.26. The predicted molar refractivity (Wildman–Crippen MR) is 167 cm³/mol. The van der Waals surface area contributed by atoms with Gasteiger partial charge >= 0.3 is 11.8 Å². The second kappa shape index (κ2) is 11.4. The molecular weight excluding hydrogens is 580 g/mol. The first kappa shape index (κ1) is 28.1. The minimum Gasteiger partial charge on any atom is -0.408 e. The molecule has 7 rings (SSSR count). The van der Waals surface area contributed by atoms with Crippen LogP contribution in [0, 0.1) is 0 Å². The number of thiazole rings is 1. The standard InChI is InChI=1S/C31H32N8O4S/c1-36(30(41)33-16-19-6-3-2-4-7-19)39-13-12-38-23(14-20-10-11-22-24(15-20)43-31(42)34-22)28(40)37(18-26(38)39)17-21-8-5-9-25-27(21)35-29(32)44-25/h2-11,15,23,26H,12-14,16-18H2,1H3,(H2,32,35)(H,33,41)(H,34,42)/t23-,26-/m0/s1. The van der Waals surface area contributed by atoms with Crippen LogP contribution in [-0.2, 0) is 24.3 Å². The van der Waals surface area contributed by atoms with Gasteiger partial charge in [-0.05, 0) is 41.3 Å². The van der Waals surface area contributed by atoms with Gasteiger partial charge in [0.1, 0.15) is 0 Å². The number of H-pyrrole nitrogens is 1. The molecule has 0 spiro atoms. The molecular formula is C31H32N8O4S. The summed E-state index contributed by atoms with van der Waals surface area (Å²) in [7, 11) is 1.76. The highest BCUT2D eigenvalue weighted by molar-refractivity contribution is 7.22. The Morgan fingerprint density at radius 2 is 1.95 bits per heavy atom. The third-order valence-electron chi connectivity index (χ3n) is 8.46. The van der Waals surface area contributed by atoms with Gasteiger partial charge in [0.25, 0.3) is 0 Å². The number of nitrogen functional groups attached to an aromatic ring is 1. The number of oxazole rings is 1. The molecule has 4 N–H and O–H groups in total. The summed E-state index contributed by atoms with van der Waals surface area (Å²) in [6, 6.07) is 20.5. The van der Waals surface area contributed by atoms with E-state index in [0.717, 1.165) is 26.9 Å². The van der Waals surface area contributed by atoms with Crippen LogP contribution in [0.2, 0.25) is 0 Å². The van der Waals surface area contributed by atoms with Crippen molar-refractivity contribution in [2.45, 2.75) is 31.7 Å². The smallest absolute Gasteiger partial charge is 0.408 e. The first-order chi connectivity index (χ1) is 21.3. The molecule has 2 fully saturated rings. The van der Waals surface area contributed by atoms with E-state index in [1.807, 2.05) is 70.6 Å². The van der Waals surface area contributed by atoms with Gasteiger partial charge < -0.3 is 20.4 Å². The number of nitrogens with two attached hydrogens (primary N) is 1. The summed E-state index contributed by atoms with van der Waals surface area (Å²) in [5.41, 5.74) is 10.7. The molecule has 13 heteroatoms. The molecule has 0 radical (unpaired) electrons. The average molecular weight is 613 g/mol. The van der Waals surface area contributed by atoms with Crippen molar-refractivity contribution in [3.05, 3.63) is 94.0 Å². The van der Waals surface area contributed by atoms with Gasteiger partial charge in [0.15, 0.2) is 10.7 Å². The maximum Gasteiger partial charge on any atom is 0.417 e. The molecule has 2 atom stereocenters. The van der Waals surface area contributed by atoms with Gasteiger partial charge in [-0.15, -0.1) is 0 Å². The van der Waals surface area contributed by atoms with Crippen LogP contribution in [0.1, 0.15) is 16.7 Å². The Hall–Kier alpha value is -4.72. The Bertz CT molecular complexity index is 1900. The van der Waals surface area contributed by atoms with Gasteiger partial charge in [-0.25, -0.2) is 14.6 Å². The van der Waals surface area contributed by atoms with E-state index in [0.29, 0.717) is 55.4 Å². The van der Waals surface area contributed by atoms with Crippen LogP contribution in [0.25, 0.3) is 21.3 Å². The van der Waals surface area contributed by atoms with E-state index in [1.165, 1.54) is 11.3 Å². The summed E-state index contributed by atoms with van der Waals surface area (Å²) in [5, 5.41) is 7.15. The molecule has 0 bridgehead atoms. The predicted octanol–water partition coefficient (Wildman–Crippen LogP) is 2.97. The first-order valence-electron chi connectivity index (χ1n) is 14.5. The minimum absolute atomic E-state index is 0.00453. The maximum absolute atomic E-state index is 14.2. The molecule has 12 nitrogen and oxygen atoms in total. The summed E-state index contributed by atoms with van der Waals surface area (Å²) in [6.45, 7) is 2.39.